The molecule has 1 aromatic heterocycles. The highest BCUT2D eigenvalue weighted by Gasteiger charge is 2.12. The summed E-state index contributed by atoms with van der Waals surface area (Å²) in [6, 6.07) is 1.96. The van der Waals surface area contributed by atoms with Crippen LogP contribution in [-0.2, 0) is 0 Å². The molecule has 0 radical (unpaired) electrons. The van der Waals surface area contributed by atoms with Crippen molar-refractivity contribution in [3.63, 3.8) is 0 Å². The predicted molar refractivity (Wildman–Crippen MR) is 55.6 cm³/mol. The van der Waals surface area contributed by atoms with Crippen molar-refractivity contribution >= 4 is 11.9 Å². The van der Waals surface area contributed by atoms with Gasteiger partial charge in [-0.15, -0.1) is 10.2 Å². The molecule has 8 nitrogen and oxygen atoms in total. The normalized spacial score (nSPS) is 17.7. The maximum atomic E-state index is 5.05. The van der Waals surface area contributed by atoms with E-state index in [2.05, 4.69) is 31.6 Å². The molecule has 0 spiro atoms. The molecular weight excluding hydrogens is 196 g/mol. The van der Waals surface area contributed by atoms with Crippen molar-refractivity contribution in [1.82, 2.24) is 26.1 Å². The molecule has 0 fully saturated rings. The zero-order valence-corrected chi connectivity index (χ0v) is 8.44. The molecule has 1 aromatic rings. The molecule has 0 atom stereocenters. The zero-order chi connectivity index (χ0) is 10.8. The summed E-state index contributed by atoms with van der Waals surface area (Å²) < 4.78 is 1.67. The van der Waals surface area contributed by atoms with Gasteiger partial charge < -0.3 is 5.84 Å². The molecule has 2 heterocycles. The Morgan fingerprint density at radius 1 is 1.40 bits per heavy atom. The zero-order valence-electron chi connectivity index (χ0n) is 8.44. The van der Waals surface area contributed by atoms with E-state index in [4.69, 9.17) is 5.84 Å². The Morgan fingerprint density at radius 2 is 2.20 bits per heavy atom. The second-order valence-corrected chi connectivity index (χ2v) is 3.11. The standard InChI is InChI=1S/C7H12N8/c1-4-3-5(2)15(14-4)7-12-10-6(9-8)11-13-7/h3H,8H2,1-2H3,(H,12,13)(H2,9,10,11). The lowest BCUT2D eigenvalue weighted by molar-refractivity contribution is 0.692. The maximum Gasteiger partial charge on any atom is 0.260 e. The van der Waals surface area contributed by atoms with Crippen LogP contribution in [0.2, 0.25) is 0 Å². The number of nitrogens with one attached hydrogen (secondary N) is 3. The van der Waals surface area contributed by atoms with Crippen molar-refractivity contribution < 1.29 is 0 Å². The SMILES string of the molecule is Cc1cc(C)n(C2=NNC(=NN)NN2)n1. The number of hydrogen-bond acceptors (Lipinski definition) is 5. The quantitative estimate of drug-likeness (QED) is 0.308. The monoisotopic (exact) mass is 208 g/mol. The lowest BCUT2D eigenvalue weighted by Crippen LogP contribution is -2.54. The summed E-state index contributed by atoms with van der Waals surface area (Å²) in [6.07, 6.45) is 0. The molecule has 0 unspecified atom stereocenters. The Hall–Kier alpha value is -2.25. The van der Waals surface area contributed by atoms with Gasteiger partial charge in [-0.2, -0.15) is 5.10 Å². The topological polar surface area (TPSA) is 105 Å². The third kappa shape index (κ3) is 1.68. The number of aromatic nitrogens is 2. The van der Waals surface area contributed by atoms with Gasteiger partial charge in [0.15, 0.2) is 0 Å². The molecule has 5 N–H and O–H groups in total. The van der Waals surface area contributed by atoms with Gasteiger partial charge in [-0.3, -0.25) is 10.9 Å². The van der Waals surface area contributed by atoms with Crippen LogP contribution in [0, 0.1) is 13.8 Å². The van der Waals surface area contributed by atoms with Crippen LogP contribution in [0.5, 0.6) is 0 Å². The molecule has 0 bridgehead atoms. The first-order valence-corrected chi connectivity index (χ1v) is 4.38. The van der Waals surface area contributed by atoms with Gasteiger partial charge in [-0.25, -0.2) is 10.1 Å². The number of nitrogens with zero attached hydrogens (tertiary/aromatic N) is 4. The molecule has 0 saturated carbocycles. The van der Waals surface area contributed by atoms with Crippen molar-refractivity contribution in [2.24, 2.45) is 16.0 Å². The van der Waals surface area contributed by atoms with E-state index in [0.29, 0.717) is 11.9 Å². The first-order chi connectivity index (χ1) is 7.20. The number of guanidine groups is 1. The van der Waals surface area contributed by atoms with Gasteiger partial charge in [-0.05, 0) is 19.9 Å². The first kappa shape index (κ1) is 9.31. The molecular formula is C7H12N8. The summed E-state index contributed by atoms with van der Waals surface area (Å²) in [5.41, 5.74) is 10.1. The van der Waals surface area contributed by atoms with Crippen molar-refractivity contribution in [1.29, 1.82) is 0 Å². The van der Waals surface area contributed by atoms with Crippen LogP contribution in [-0.4, -0.2) is 21.7 Å². The van der Waals surface area contributed by atoms with Gasteiger partial charge in [0.2, 0.25) is 0 Å². The molecule has 0 aromatic carbocycles. The lowest BCUT2D eigenvalue weighted by atomic mass is 10.4. The average Bonchev–Trinajstić information content (AvgIpc) is 2.58. The summed E-state index contributed by atoms with van der Waals surface area (Å²) in [5.74, 6) is 5.94. The number of rotatable bonds is 0. The van der Waals surface area contributed by atoms with E-state index in [1.54, 1.807) is 4.68 Å². The Morgan fingerprint density at radius 3 is 2.67 bits per heavy atom. The van der Waals surface area contributed by atoms with Crippen LogP contribution < -0.4 is 22.1 Å². The van der Waals surface area contributed by atoms with E-state index in [-0.39, 0.29) is 0 Å². The third-order valence-corrected chi connectivity index (χ3v) is 1.90. The van der Waals surface area contributed by atoms with Crippen LogP contribution in [0.1, 0.15) is 11.4 Å². The highest BCUT2D eigenvalue weighted by molar-refractivity contribution is 5.90. The Kier molecular flexibility index (Phi) is 2.16. The summed E-state index contributed by atoms with van der Waals surface area (Å²) in [4.78, 5) is 0. The fourth-order valence-corrected chi connectivity index (χ4v) is 1.28. The van der Waals surface area contributed by atoms with Gasteiger partial charge in [0.05, 0.1) is 5.69 Å². The minimum atomic E-state index is 0.347. The predicted octanol–water partition coefficient (Wildman–Crippen LogP) is -1.45. The highest BCUT2D eigenvalue weighted by Crippen LogP contribution is 2.00. The van der Waals surface area contributed by atoms with Crippen molar-refractivity contribution in [2.75, 3.05) is 0 Å². The van der Waals surface area contributed by atoms with Crippen LogP contribution in [0.4, 0.5) is 0 Å². The Balaban J connectivity index is 2.26. The molecule has 0 aliphatic carbocycles. The van der Waals surface area contributed by atoms with Gasteiger partial charge in [0, 0.05) is 5.69 Å². The number of hydrazone groups is 2. The Bertz CT molecular complexity index is 428. The van der Waals surface area contributed by atoms with E-state index in [1.807, 2.05) is 19.9 Å². The van der Waals surface area contributed by atoms with Crippen molar-refractivity contribution in [3.8, 4) is 0 Å². The van der Waals surface area contributed by atoms with Gasteiger partial charge in [-0.1, -0.05) is 0 Å². The van der Waals surface area contributed by atoms with E-state index in [0.717, 1.165) is 11.4 Å². The smallest absolute Gasteiger partial charge is 0.260 e. The third-order valence-electron chi connectivity index (χ3n) is 1.90. The van der Waals surface area contributed by atoms with Crippen LogP contribution >= 0.6 is 0 Å². The minimum Gasteiger partial charge on any atom is -0.320 e. The summed E-state index contributed by atoms with van der Waals surface area (Å²) in [5, 5.41) is 11.7. The van der Waals surface area contributed by atoms with Gasteiger partial charge in [0.1, 0.15) is 0 Å². The molecule has 1 aliphatic rings. The van der Waals surface area contributed by atoms with Gasteiger partial charge in [0.25, 0.3) is 11.9 Å². The molecule has 0 amide bonds. The average molecular weight is 208 g/mol. The molecule has 0 saturated heterocycles. The molecule has 80 valence electrons. The summed E-state index contributed by atoms with van der Waals surface area (Å²) in [6.45, 7) is 3.86. The number of hydrogen-bond donors (Lipinski definition) is 4. The van der Waals surface area contributed by atoms with E-state index < -0.39 is 0 Å². The minimum absolute atomic E-state index is 0.347. The number of aryl methyl sites for hydroxylation is 2. The maximum absolute atomic E-state index is 5.05. The number of hydrazine groups is 1. The molecule has 2 rings (SSSR count). The first-order valence-electron chi connectivity index (χ1n) is 4.38. The van der Waals surface area contributed by atoms with Crippen molar-refractivity contribution in [3.05, 3.63) is 17.5 Å². The summed E-state index contributed by atoms with van der Waals surface area (Å²) in [7, 11) is 0. The molecule has 15 heavy (non-hydrogen) atoms. The second-order valence-electron chi connectivity index (χ2n) is 3.11. The Labute approximate surface area is 86.2 Å². The molecule has 8 heteroatoms. The lowest BCUT2D eigenvalue weighted by Gasteiger charge is -2.18. The van der Waals surface area contributed by atoms with Gasteiger partial charge >= 0.3 is 0 Å². The molecule has 1 aliphatic heterocycles. The van der Waals surface area contributed by atoms with Crippen LogP contribution in [0.25, 0.3) is 0 Å². The number of nitrogens with two attached hydrogens (primary N) is 1. The van der Waals surface area contributed by atoms with Crippen molar-refractivity contribution in [2.45, 2.75) is 13.8 Å². The van der Waals surface area contributed by atoms with E-state index in [1.165, 1.54) is 0 Å². The van der Waals surface area contributed by atoms with Crippen LogP contribution in [0.15, 0.2) is 16.3 Å². The van der Waals surface area contributed by atoms with E-state index >= 15 is 0 Å². The fourth-order valence-electron chi connectivity index (χ4n) is 1.28. The second kappa shape index (κ2) is 3.48. The van der Waals surface area contributed by atoms with E-state index in [9.17, 15) is 0 Å². The summed E-state index contributed by atoms with van der Waals surface area (Å²) >= 11 is 0. The van der Waals surface area contributed by atoms with Crippen LogP contribution in [0.3, 0.4) is 0 Å². The fraction of sp³-hybridized carbons (Fsp3) is 0.286. The highest BCUT2D eigenvalue weighted by atomic mass is 15.6. The largest absolute Gasteiger partial charge is 0.320 e.